The van der Waals surface area contributed by atoms with Gasteiger partial charge in [-0.15, -0.1) is 0 Å². The minimum absolute atomic E-state index is 0.0532. The van der Waals surface area contributed by atoms with E-state index in [1.54, 1.807) is 19.3 Å². The molecule has 11 heteroatoms. The van der Waals surface area contributed by atoms with Crippen LogP contribution in [0.3, 0.4) is 0 Å². The molecule has 4 rings (SSSR count). The summed E-state index contributed by atoms with van der Waals surface area (Å²) < 4.78 is 26.3. The van der Waals surface area contributed by atoms with Crippen molar-refractivity contribution in [2.75, 3.05) is 24.5 Å². The lowest BCUT2D eigenvalue weighted by Gasteiger charge is -2.16. The number of carbonyl (C=O) groups is 2. The minimum atomic E-state index is -2.65. The Labute approximate surface area is 170 Å². The molecule has 154 valence electrons. The topological polar surface area (TPSA) is 91.3 Å². The Bertz CT molecular complexity index is 948. The number of halogens is 2. The Morgan fingerprint density at radius 1 is 1.31 bits per heavy atom. The Morgan fingerprint density at radius 3 is 2.72 bits per heavy atom. The van der Waals surface area contributed by atoms with Crippen molar-refractivity contribution in [3.63, 3.8) is 0 Å². The van der Waals surface area contributed by atoms with Crippen molar-refractivity contribution < 1.29 is 18.4 Å². The number of carbonyl (C=O) groups excluding carboxylic acids is 2. The Morgan fingerprint density at radius 2 is 2.07 bits per heavy atom. The summed E-state index contributed by atoms with van der Waals surface area (Å²) in [7, 11) is 0. The number of hydrogen-bond acceptors (Lipinski definition) is 6. The highest BCUT2D eigenvalue weighted by atomic mass is 32.1. The summed E-state index contributed by atoms with van der Waals surface area (Å²) in [5, 5.41) is 3.18. The summed E-state index contributed by atoms with van der Waals surface area (Å²) in [6, 6.07) is -0.344. The van der Waals surface area contributed by atoms with E-state index >= 15 is 0 Å². The Hall–Kier alpha value is -2.69. The predicted octanol–water partition coefficient (Wildman–Crippen LogP) is 2.38. The lowest BCUT2D eigenvalue weighted by Crippen LogP contribution is -2.33. The van der Waals surface area contributed by atoms with Gasteiger partial charge < -0.3 is 10.2 Å². The Kier molecular flexibility index (Phi) is 4.93. The van der Waals surface area contributed by atoms with Gasteiger partial charge in [-0.3, -0.25) is 19.7 Å². The van der Waals surface area contributed by atoms with Gasteiger partial charge in [0.2, 0.25) is 0 Å². The molecule has 1 unspecified atom stereocenters. The average molecular weight is 422 g/mol. The summed E-state index contributed by atoms with van der Waals surface area (Å²) in [5.74, 6) is -3.72. The summed E-state index contributed by atoms with van der Waals surface area (Å²) in [6.07, 6.45) is 3.06. The van der Waals surface area contributed by atoms with Crippen LogP contribution in [-0.2, 0) is 6.54 Å². The van der Waals surface area contributed by atoms with Crippen molar-refractivity contribution in [1.82, 2.24) is 25.2 Å². The van der Waals surface area contributed by atoms with Crippen LogP contribution in [0.1, 0.15) is 33.2 Å². The number of thiazole rings is 1. The Balaban J connectivity index is 1.39. The van der Waals surface area contributed by atoms with Gasteiger partial charge in [-0.25, -0.2) is 18.6 Å². The third kappa shape index (κ3) is 4.04. The molecule has 0 radical (unpaired) electrons. The van der Waals surface area contributed by atoms with Crippen LogP contribution in [0.5, 0.6) is 0 Å². The van der Waals surface area contributed by atoms with E-state index in [9.17, 15) is 18.4 Å². The second-order valence-corrected chi connectivity index (χ2v) is 8.26. The van der Waals surface area contributed by atoms with Crippen molar-refractivity contribution in [2.45, 2.75) is 32.7 Å². The van der Waals surface area contributed by atoms with E-state index in [4.69, 9.17) is 0 Å². The predicted molar refractivity (Wildman–Crippen MR) is 102 cm³/mol. The molecule has 1 atom stereocenters. The van der Waals surface area contributed by atoms with Crippen LogP contribution in [0.4, 0.5) is 18.7 Å². The van der Waals surface area contributed by atoms with E-state index in [1.807, 2.05) is 6.92 Å². The zero-order valence-corrected chi connectivity index (χ0v) is 16.8. The maximum atomic E-state index is 13.1. The van der Waals surface area contributed by atoms with Crippen molar-refractivity contribution >= 4 is 28.4 Å². The van der Waals surface area contributed by atoms with E-state index in [0.29, 0.717) is 34.5 Å². The summed E-state index contributed by atoms with van der Waals surface area (Å²) in [6.45, 7) is 4.54. The fourth-order valence-electron chi connectivity index (χ4n) is 3.13. The number of rotatable bonds is 6. The number of urea groups is 1. The number of alkyl halides is 2. The fourth-order valence-corrected chi connectivity index (χ4v) is 4.14. The number of anilines is 1. The first-order chi connectivity index (χ1) is 13.7. The lowest BCUT2D eigenvalue weighted by atomic mass is 10.3. The number of aryl methyl sites for hydroxylation is 2. The molecule has 2 aliphatic rings. The zero-order chi connectivity index (χ0) is 20.8. The SMILES string of the molecule is Cc1cnc(CNC(=O)c2sc(N3CCN(CC4CC4(F)F)C3=O)nc2C)cn1. The molecule has 3 heterocycles. The average Bonchev–Trinajstić information content (AvgIpc) is 2.96. The van der Waals surface area contributed by atoms with Crippen LogP contribution in [0.2, 0.25) is 0 Å². The highest BCUT2D eigenvalue weighted by Gasteiger charge is 2.58. The molecule has 1 N–H and O–H groups in total. The molecule has 0 bridgehead atoms. The molecule has 1 saturated carbocycles. The molecule has 1 aliphatic heterocycles. The van der Waals surface area contributed by atoms with E-state index in [0.717, 1.165) is 17.0 Å². The number of amides is 3. The van der Waals surface area contributed by atoms with Gasteiger partial charge in [0.25, 0.3) is 11.8 Å². The molecule has 3 amide bonds. The first-order valence-electron chi connectivity index (χ1n) is 9.22. The van der Waals surface area contributed by atoms with Gasteiger partial charge in [0, 0.05) is 38.2 Å². The summed E-state index contributed by atoms with van der Waals surface area (Å²) in [4.78, 5) is 41.0. The van der Waals surface area contributed by atoms with Crippen LogP contribution in [0.15, 0.2) is 12.4 Å². The van der Waals surface area contributed by atoms with E-state index in [-0.39, 0.29) is 31.4 Å². The van der Waals surface area contributed by atoms with Crippen LogP contribution in [0, 0.1) is 19.8 Å². The highest BCUT2D eigenvalue weighted by Crippen LogP contribution is 2.49. The molecule has 2 aromatic heterocycles. The maximum absolute atomic E-state index is 13.1. The van der Waals surface area contributed by atoms with Gasteiger partial charge in [0.05, 0.1) is 29.8 Å². The van der Waals surface area contributed by atoms with Crippen molar-refractivity contribution in [3.05, 3.63) is 34.4 Å². The van der Waals surface area contributed by atoms with Gasteiger partial charge in [-0.05, 0) is 13.8 Å². The van der Waals surface area contributed by atoms with Gasteiger partial charge in [0.15, 0.2) is 5.13 Å². The fraction of sp³-hybridized carbons (Fsp3) is 0.500. The third-order valence-electron chi connectivity index (χ3n) is 4.98. The van der Waals surface area contributed by atoms with E-state index < -0.39 is 11.8 Å². The van der Waals surface area contributed by atoms with E-state index in [1.165, 1.54) is 9.80 Å². The van der Waals surface area contributed by atoms with Crippen LogP contribution >= 0.6 is 11.3 Å². The van der Waals surface area contributed by atoms with E-state index in [2.05, 4.69) is 20.3 Å². The standard InChI is InChI=1S/C18H20F2N6O2S/c1-10-6-22-13(7-21-10)8-23-15(27)14-11(2)24-16(29-14)26-4-3-25(17(26)28)9-12-5-18(12,19)20/h6-7,12H,3-5,8-9H2,1-2H3,(H,23,27). The lowest BCUT2D eigenvalue weighted by molar-refractivity contribution is 0.0922. The molecular formula is C18H20F2N6O2S. The first-order valence-corrected chi connectivity index (χ1v) is 10.0. The van der Waals surface area contributed by atoms with Gasteiger partial charge >= 0.3 is 6.03 Å². The highest BCUT2D eigenvalue weighted by molar-refractivity contribution is 7.17. The van der Waals surface area contributed by atoms with Crippen LogP contribution < -0.4 is 10.2 Å². The molecule has 2 aromatic rings. The molecule has 0 aromatic carbocycles. The molecule has 2 fully saturated rings. The van der Waals surface area contributed by atoms with Crippen molar-refractivity contribution in [1.29, 1.82) is 0 Å². The first kappa shape index (κ1) is 19.6. The van der Waals surface area contributed by atoms with Crippen molar-refractivity contribution in [2.24, 2.45) is 5.92 Å². The molecule has 0 spiro atoms. The zero-order valence-electron chi connectivity index (χ0n) is 16.0. The van der Waals surface area contributed by atoms with Gasteiger partial charge in [-0.1, -0.05) is 11.3 Å². The smallest absolute Gasteiger partial charge is 0.326 e. The number of aromatic nitrogens is 3. The normalized spacial score (nSPS) is 20.3. The van der Waals surface area contributed by atoms with Crippen LogP contribution in [-0.4, -0.2) is 57.3 Å². The van der Waals surface area contributed by atoms with Gasteiger partial charge in [0.1, 0.15) is 4.88 Å². The molecule has 8 nitrogen and oxygen atoms in total. The molecule has 29 heavy (non-hydrogen) atoms. The second-order valence-electron chi connectivity index (χ2n) is 7.29. The largest absolute Gasteiger partial charge is 0.346 e. The molecule has 1 aliphatic carbocycles. The summed E-state index contributed by atoms with van der Waals surface area (Å²) in [5.41, 5.74) is 1.93. The second kappa shape index (κ2) is 7.29. The monoisotopic (exact) mass is 422 g/mol. The number of hydrogen-bond donors (Lipinski definition) is 1. The molecule has 1 saturated heterocycles. The number of nitrogens with zero attached hydrogens (tertiary/aromatic N) is 5. The van der Waals surface area contributed by atoms with Crippen molar-refractivity contribution in [3.8, 4) is 0 Å². The molecular weight excluding hydrogens is 402 g/mol. The van der Waals surface area contributed by atoms with Crippen LogP contribution in [0.25, 0.3) is 0 Å². The quantitative estimate of drug-likeness (QED) is 0.772. The summed E-state index contributed by atoms with van der Waals surface area (Å²) >= 11 is 1.11. The minimum Gasteiger partial charge on any atom is -0.346 e. The number of nitrogens with one attached hydrogen (secondary N) is 1. The maximum Gasteiger partial charge on any atom is 0.326 e. The van der Waals surface area contributed by atoms with Gasteiger partial charge in [-0.2, -0.15) is 0 Å². The third-order valence-corrected chi connectivity index (χ3v) is 6.16.